The number of carbonyl (C=O) groups is 2. The summed E-state index contributed by atoms with van der Waals surface area (Å²) >= 11 is 6.00. The van der Waals surface area contributed by atoms with E-state index in [4.69, 9.17) is 11.6 Å². The van der Waals surface area contributed by atoms with Crippen molar-refractivity contribution in [1.29, 1.82) is 0 Å². The van der Waals surface area contributed by atoms with E-state index in [1.165, 1.54) is 6.92 Å². The lowest BCUT2D eigenvalue weighted by molar-refractivity contribution is -0.129. The van der Waals surface area contributed by atoms with Gasteiger partial charge >= 0.3 is 0 Å². The summed E-state index contributed by atoms with van der Waals surface area (Å²) < 4.78 is 0. The number of carbonyl (C=O) groups excluding carboxylic acids is 2. The summed E-state index contributed by atoms with van der Waals surface area (Å²) in [5.74, 6) is -1.18. The van der Waals surface area contributed by atoms with Gasteiger partial charge in [0.1, 0.15) is 0 Å². The summed E-state index contributed by atoms with van der Waals surface area (Å²) in [6, 6.07) is 6.54. The number of benzene rings is 1. The molecule has 29 heavy (non-hydrogen) atoms. The smallest absolute Gasteiger partial charge is 0.290 e. The largest absolute Gasteiger partial charge is 0.503 e. The van der Waals surface area contributed by atoms with Crippen LogP contribution in [0.4, 0.5) is 0 Å². The predicted molar refractivity (Wildman–Crippen MR) is 117 cm³/mol. The van der Waals surface area contributed by atoms with Gasteiger partial charge in [0.25, 0.3) is 5.91 Å². The lowest BCUT2D eigenvalue weighted by Crippen LogP contribution is -2.35. The van der Waals surface area contributed by atoms with Crippen LogP contribution in [0.3, 0.4) is 0 Å². The number of rotatable bonds is 12. The van der Waals surface area contributed by atoms with Crippen molar-refractivity contribution >= 4 is 23.3 Å². The van der Waals surface area contributed by atoms with Gasteiger partial charge in [-0.3, -0.25) is 9.59 Å². The zero-order valence-corrected chi connectivity index (χ0v) is 18.5. The highest BCUT2D eigenvalue weighted by atomic mass is 35.5. The van der Waals surface area contributed by atoms with Crippen LogP contribution in [0.15, 0.2) is 35.6 Å². The van der Waals surface area contributed by atoms with Gasteiger partial charge in [0.2, 0.25) is 0 Å². The second-order valence-electron chi connectivity index (χ2n) is 7.67. The van der Waals surface area contributed by atoms with Crippen molar-refractivity contribution < 1.29 is 14.7 Å². The first-order chi connectivity index (χ1) is 13.9. The molecule has 1 aromatic carbocycles. The lowest BCUT2D eigenvalue weighted by Gasteiger charge is -2.28. The Bertz CT molecular complexity index is 722. The van der Waals surface area contributed by atoms with Crippen LogP contribution >= 0.6 is 11.6 Å². The van der Waals surface area contributed by atoms with Crippen LogP contribution in [0.5, 0.6) is 0 Å². The summed E-state index contributed by atoms with van der Waals surface area (Å²) in [7, 11) is 0. The van der Waals surface area contributed by atoms with Crippen LogP contribution in [-0.4, -0.2) is 52.8 Å². The fraction of sp³-hybridized carbons (Fsp3) is 0.565. The Morgan fingerprint density at radius 2 is 1.62 bits per heavy atom. The highest BCUT2D eigenvalue weighted by Crippen LogP contribution is 2.38. The average Bonchev–Trinajstić information content (AvgIpc) is 2.95. The highest BCUT2D eigenvalue weighted by molar-refractivity contribution is 6.30. The van der Waals surface area contributed by atoms with E-state index in [-0.39, 0.29) is 11.4 Å². The second kappa shape index (κ2) is 11.4. The van der Waals surface area contributed by atoms with Crippen LogP contribution in [0.2, 0.25) is 5.02 Å². The number of aliphatic hydroxyl groups is 1. The minimum atomic E-state index is -0.558. The fourth-order valence-electron chi connectivity index (χ4n) is 3.80. The summed E-state index contributed by atoms with van der Waals surface area (Å²) in [4.78, 5) is 29.0. The summed E-state index contributed by atoms with van der Waals surface area (Å²) in [5, 5.41) is 10.9. The molecule has 0 bridgehead atoms. The molecular weight excluding hydrogens is 388 g/mol. The van der Waals surface area contributed by atoms with Crippen molar-refractivity contribution in [3.63, 3.8) is 0 Å². The van der Waals surface area contributed by atoms with Gasteiger partial charge in [-0.15, -0.1) is 0 Å². The number of hydrogen-bond acceptors (Lipinski definition) is 4. The molecule has 1 atom stereocenters. The van der Waals surface area contributed by atoms with Crippen molar-refractivity contribution in [2.45, 2.75) is 58.9 Å². The molecule has 1 unspecified atom stereocenters. The minimum absolute atomic E-state index is 0.172. The third-order valence-electron chi connectivity index (χ3n) is 5.40. The van der Waals surface area contributed by atoms with E-state index >= 15 is 0 Å². The standard InChI is InChI=1S/C23H33ClN2O3/c1-4-6-13-25(14-7-5-2)15-8-16-26-21(18-9-11-19(24)12-10-18)20(17(3)27)22(28)23(26)29/h9-12,21,28H,4-8,13-16H2,1-3H3. The van der Waals surface area contributed by atoms with Gasteiger partial charge < -0.3 is 14.9 Å². The maximum absolute atomic E-state index is 12.7. The number of unbranched alkanes of at least 4 members (excludes halogenated alkanes) is 2. The Balaban J connectivity index is 2.13. The molecule has 1 aliphatic heterocycles. The lowest BCUT2D eigenvalue weighted by atomic mass is 9.97. The van der Waals surface area contributed by atoms with E-state index in [1.807, 2.05) is 12.1 Å². The van der Waals surface area contributed by atoms with Crippen molar-refractivity contribution in [3.8, 4) is 0 Å². The molecule has 0 fully saturated rings. The molecular formula is C23H33ClN2O3. The maximum Gasteiger partial charge on any atom is 0.290 e. The molecule has 1 aliphatic rings. The third kappa shape index (κ3) is 6.06. The SMILES string of the molecule is CCCCN(CCCC)CCCN1C(=O)C(O)=C(C(C)=O)C1c1ccc(Cl)cc1. The first kappa shape index (κ1) is 23.4. The number of Topliss-reactive ketones (excluding diaryl/α,β-unsaturated/α-hetero) is 1. The number of ketones is 1. The van der Waals surface area contributed by atoms with Crippen LogP contribution < -0.4 is 0 Å². The van der Waals surface area contributed by atoms with E-state index in [1.54, 1.807) is 17.0 Å². The zero-order chi connectivity index (χ0) is 21.4. The van der Waals surface area contributed by atoms with E-state index in [9.17, 15) is 14.7 Å². The van der Waals surface area contributed by atoms with Gasteiger partial charge in [0, 0.05) is 11.6 Å². The molecule has 1 heterocycles. The quantitative estimate of drug-likeness (QED) is 0.521. The Morgan fingerprint density at radius 3 is 2.14 bits per heavy atom. The van der Waals surface area contributed by atoms with E-state index in [0.717, 1.165) is 57.3 Å². The Kier molecular flexibility index (Phi) is 9.18. The molecule has 0 radical (unpaired) electrons. The van der Waals surface area contributed by atoms with E-state index in [2.05, 4.69) is 18.7 Å². The fourth-order valence-corrected chi connectivity index (χ4v) is 3.92. The molecule has 0 saturated carbocycles. The van der Waals surface area contributed by atoms with Crippen LogP contribution in [-0.2, 0) is 9.59 Å². The van der Waals surface area contributed by atoms with E-state index in [0.29, 0.717) is 11.6 Å². The van der Waals surface area contributed by atoms with Crippen molar-refractivity contribution in [2.75, 3.05) is 26.2 Å². The summed E-state index contributed by atoms with van der Waals surface area (Å²) in [6.45, 7) is 9.28. The molecule has 0 aromatic heterocycles. The number of aliphatic hydroxyl groups excluding tert-OH is 1. The maximum atomic E-state index is 12.7. The van der Waals surface area contributed by atoms with Gasteiger partial charge in [0.15, 0.2) is 11.5 Å². The van der Waals surface area contributed by atoms with Crippen LogP contribution in [0.25, 0.3) is 0 Å². The minimum Gasteiger partial charge on any atom is -0.503 e. The van der Waals surface area contributed by atoms with Crippen molar-refractivity contribution in [2.24, 2.45) is 0 Å². The second-order valence-corrected chi connectivity index (χ2v) is 8.11. The molecule has 0 aliphatic carbocycles. The Morgan fingerprint density at radius 1 is 1.07 bits per heavy atom. The highest BCUT2D eigenvalue weighted by Gasteiger charge is 2.41. The average molecular weight is 421 g/mol. The third-order valence-corrected chi connectivity index (χ3v) is 5.65. The van der Waals surface area contributed by atoms with Gasteiger partial charge in [-0.2, -0.15) is 0 Å². The number of amides is 1. The molecule has 1 N–H and O–H groups in total. The molecule has 2 rings (SSSR count). The van der Waals surface area contributed by atoms with Crippen molar-refractivity contribution in [3.05, 3.63) is 46.2 Å². The molecule has 1 aromatic rings. The zero-order valence-electron chi connectivity index (χ0n) is 17.8. The van der Waals surface area contributed by atoms with Crippen LogP contribution in [0.1, 0.15) is 64.5 Å². The Labute approximate surface area is 179 Å². The molecule has 5 nitrogen and oxygen atoms in total. The monoisotopic (exact) mass is 420 g/mol. The van der Waals surface area contributed by atoms with Crippen molar-refractivity contribution in [1.82, 2.24) is 9.80 Å². The topological polar surface area (TPSA) is 60.9 Å². The van der Waals surface area contributed by atoms with Gasteiger partial charge in [0.05, 0.1) is 11.6 Å². The van der Waals surface area contributed by atoms with Gasteiger partial charge in [-0.25, -0.2) is 0 Å². The normalized spacial score (nSPS) is 16.9. The number of hydrogen-bond donors (Lipinski definition) is 1. The molecule has 0 spiro atoms. The molecule has 160 valence electrons. The molecule has 0 saturated heterocycles. The predicted octanol–water partition coefficient (Wildman–Crippen LogP) is 4.92. The van der Waals surface area contributed by atoms with Crippen LogP contribution in [0, 0.1) is 0 Å². The van der Waals surface area contributed by atoms with Gasteiger partial charge in [-0.1, -0.05) is 50.4 Å². The number of halogens is 1. The van der Waals surface area contributed by atoms with Gasteiger partial charge in [-0.05, 0) is 63.5 Å². The summed E-state index contributed by atoms with van der Waals surface area (Å²) in [5.41, 5.74) is 0.956. The van der Waals surface area contributed by atoms with E-state index < -0.39 is 17.7 Å². The first-order valence-electron chi connectivity index (χ1n) is 10.6. The number of nitrogens with zero attached hydrogens (tertiary/aromatic N) is 2. The Hall–Kier alpha value is -1.85. The first-order valence-corrected chi connectivity index (χ1v) is 11.0. The summed E-state index contributed by atoms with van der Waals surface area (Å²) in [6.07, 6.45) is 5.44. The molecule has 1 amide bonds. The molecule has 6 heteroatoms.